The van der Waals surface area contributed by atoms with Gasteiger partial charge in [-0.25, -0.2) is 4.39 Å². The average Bonchev–Trinajstić information content (AvgIpc) is 3.35. The Balaban J connectivity index is 1.47. The van der Waals surface area contributed by atoms with Gasteiger partial charge >= 0.3 is 0 Å². The molecule has 1 unspecified atom stereocenters. The quantitative estimate of drug-likeness (QED) is 0.459. The van der Waals surface area contributed by atoms with Crippen LogP contribution in [0.5, 0.6) is 0 Å². The Hall–Kier alpha value is -4.33. The van der Waals surface area contributed by atoms with Crippen LogP contribution in [-0.4, -0.2) is 32.7 Å². The number of fused-ring (bicyclic) bond motifs is 1. The summed E-state index contributed by atoms with van der Waals surface area (Å²) < 4.78 is 14.9. The molecule has 1 aliphatic rings. The fourth-order valence-corrected chi connectivity index (χ4v) is 4.10. The van der Waals surface area contributed by atoms with Crippen LogP contribution < -0.4 is 10.2 Å². The molecule has 1 atom stereocenters. The predicted octanol–water partition coefficient (Wildman–Crippen LogP) is 4.20. The number of hydrogen-bond donors (Lipinski definition) is 1. The Labute approximate surface area is 202 Å². The lowest BCUT2D eigenvalue weighted by Crippen LogP contribution is -2.39. The molecule has 1 aromatic heterocycles. The van der Waals surface area contributed by atoms with Crippen LogP contribution in [0.25, 0.3) is 5.70 Å². The van der Waals surface area contributed by atoms with Crippen LogP contribution in [0.2, 0.25) is 0 Å². The molecule has 0 bridgehead atoms. The molecule has 0 saturated heterocycles. The van der Waals surface area contributed by atoms with Crippen molar-refractivity contribution >= 4 is 17.6 Å². The van der Waals surface area contributed by atoms with Crippen molar-refractivity contribution in [2.24, 2.45) is 0 Å². The van der Waals surface area contributed by atoms with Gasteiger partial charge in [-0.3, -0.25) is 9.69 Å². The van der Waals surface area contributed by atoms with Crippen LogP contribution in [-0.2, 0) is 11.3 Å². The van der Waals surface area contributed by atoms with Gasteiger partial charge in [0.1, 0.15) is 18.4 Å². The van der Waals surface area contributed by atoms with Gasteiger partial charge in [-0.15, -0.1) is 0 Å². The number of carbonyl (C=O) groups excluding carboxylic acids is 1. The van der Waals surface area contributed by atoms with E-state index in [0.717, 1.165) is 28.0 Å². The Kier molecular flexibility index (Phi) is 6.10. The number of carbonyl (C=O) groups is 1. The number of aryl methyl sites for hydroxylation is 2. The first-order valence-electron chi connectivity index (χ1n) is 11.4. The number of rotatable bonds is 6. The zero-order valence-corrected chi connectivity index (χ0v) is 19.5. The molecule has 0 radical (unpaired) electrons. The average molecular weight is 469 g/mol. The highest BCUT2D eigenvalue weighted by atomic mass is 19.1. The maximum atomic E-state index is 13.2. The number of amides is 1. The number of allylic oxidation sites excluding steroid dienone is 1. The summed E-state index contributed by atoms with van der Waals surface area (Å²) in [7, 11) is 0. The van der Waals surface area contributed by atoms with Crippen molar-refractivity contribution in [2.75, 3.05) is 11.4 Å². The number of aromatic nitrogens is 4. The van der Waals surface area contributed by atoms with E-state index in [1.54, 1.807) is 16.8 Å². The summed E-state index contributed by atoms with van der Waals surface area (Å²) in [5.74, 6) is -0.0162. The molecule has 0 saturated carbocycles. The third-order valence-electron chi connectivity index (χ3n) is 6.06. The summed E-state index contributed by atoms with van der Waals surface area (Å²) in [4.78, 5) is 14.8. The summed E-state index contributed by atoms with van der Waals surface area (Å²) in [5.41, 5.74) is 6.01. The molecule has 176 valence electrons. The number of nitrogens with zero attached hydrogens (tertiary/aromatic N) is 5. The van der Waals surface area contributed by atoms with Crippen molar-refractivity contribution in [3.63, 3.8) is 0 Å². The SMILES string of the molecule is Cc1ccc(C2=CC(c3ccc(C)cc3)n3nnnc3N2CC(=O)NCc2ccc(F)cc2)cc1. The van der Waals surface area contributed by atoms with Crippen molar-refractivity contribution in [1.29, 1.82) is 0 Å². The van der Waals surface area contributed by atoms with Crippen LogP contribution in [0.3, 0.4) is 0 Å². The van der Waals surface area contributed by atoms with Crippen LogP contribution >= 0.6 is 0 Å². The van der Waals surface area contributed by atoms with Gasteiger partial charge in [-0.05, 0) is 59.2 Å². The molecular formula is C27H25FN6O. The summed E-state index contributed by atoms with van der Waals surface area (Å²) in [6, 6.07) is 22.3. The molecule has 0 spiro atoms. The third-order valence-corrected chi connectivity index (χ3v) is 6.06. The highest BCUT2D eigenvalue weighted by molar-refractivity contribution is 5.89. The highest BCUT2D eigenvalue weighted by Crippen LogP contribution is 2.36. The first-order valence-corrected chi connectivity index (χ1v) is 11.4. The Morgan fingerprint density at radius 1 is 0.943 bits per heavy atom. The van der Waals surface area contributed by atoms with Crippen LogP contribution in [0.4, 0.5) is 10.3 Å². The number of halogens is 1. The minimum absolute atomic E-state index is 0.0297. The lowest BCUT2D eigenvalue weighted by atomic mass is 9.99. The van der Waals surface area contributed by atoms with Crippen LogP contribution in [0.15, 0.2) is 78.9 Å². The lowest BCUT2D eigenvalue weighted by Gasteiger charge is -2.32. The van der Waals surface area contributed by atoms with Crippen molar-refractivity contribution in [2.45, 2.75) is 26.4 Å². The summed E-state index contributed by atoms with van der Waals surface area (Å²) in [6.07, 6.45) is 2.09. The number of benzene rings is 3. The van der Waals surface area contributed by atoms with E-state index in [-0.39, 0.29) is 24.3 Å². The second-order valence-corrected chi connectivity index (χ2v) is 8.69. The zero-order valence-electron chi connectivity index (χ0n) is 19.5. The second kappa shape index (κ2) is 9.50. The van der Waals surface area contributed by atoms with Gasteiger partial charge in [0.15, 0.2) is 0 Å². The minimum atomic E-state index is -0.309. The lowest BCUT2D eigenvalue weighted by molar-refractivity contribution is -0.119. The highest BCUT2D eigenvalue weighted by Gasteiger charge is 2.31. The normalized spacial score (nSPS) is 14.9. The van der Waals surface area contributed by atoms with Gasteiger partial charge < -0.3 is 5.32 Å². The Bertz CT molecular complexity index is 1360. The first-order chi connectivity index (χ1) is 17.0. The molecule has 4 aromatic rings. The van der Waals surface area contributed by atoms with Crippen molar-refractivity contribution in [3.05, 3.63) is 113 Å². The molecular weight excluding hydrogens is 443 g/mol. The molecule has 0 aliphatic carbocycles. The fourth-order valence-electron chi connectivity index (χ4n) is 4.10. The van der Waals surface area contributed by atoms with E-state index >= 15 is 0 Å². The van der Waals surface area contributed by atoms with E-state index < -0.39 is 0 Å². The van der Waals surface area contributed by atoms with Gasteiger partial charge in [-0.1, -0.05) is 76.9 Å². The summed E-state index contributed by atoms with van der Waals surface area (Å²) in [6.45, 7) is 4.41. The molecule has 8 heteroatoms. The van der Waals surface area contributed by atoms with Crippen molar-refractivity contribution in [3.8, 4) is 0 Å². The Morgan fingerprint density at radius 3 is 2.29 bits per heavy atom. The smallest absolute Gasteiger partial charge is 0.251 e. The molecule has 35 heavy (non-hydrogen) atoms. The Morgan fingerprint density at radius 2 is 1.60 bits per heavy atom. The van der Waals surface area contributed by atoms with Crippen LogP contribution in [0.1, 0.15) is 33.9 Å². The number of hydrogen-bond acceptors (Lipinski definition) is 5. The molecule has 2 heterocycles. The summed E-state index contributed by atoms with van der Waals surface area (Å²) >= 11 is 0. The largest absolute Gasteiger partial charge is 0.350 e. The van der Waals surface area contributed by atoms with Gasteiger partial charge in [0.05, 0.1) is 5.70 Å². The standard InChI is InChI=1S/C27H25FN6O/c1-18-3-9-21(10-4-18)24-15-25(22-11-5-19(2)6-12-22)34-27(30-31-32-34)33(24)17-26(35)29-16-20-7-13-23(28)14-8-20/h3-15,25H,16-17H2,1-2H3,(H,29,35). The van der Waals surface area contributed by atoms with Crippen LogP contribution in [0, 0.1) is 19.7 Å². The minimum Gasteiger partial charge on any atom is -0.350 e. The van der Waals surface area contributed by atoms with Gasteiger partial charge in [0.25, 0.3) is 5.95 Å². The third kappa shape index (κ3) is 4.82. The molecule has 1 N–H and O–H groups in total. The fraction of sp³-hybridized carbons (Fsp3) is 0.185. The van der Waals surface area contributed by atoms with E-state index in [9.17, 15) is 9.18 Å². The van der Waals surface area contributed by atoms with Crippen molar-refractivity contribution < 1.29 is 9.18 Å². The maximum absolute atomic E-state index is 13.2. The van der Waals surface area contributed by atoms with E-state index in [4.69, 9.17) is 0 Å². The molecule has 0 fully saturated rings. The van der Waals surface area contributed by atoms with E-state index in [1.165, 1.54) is 17.7 Å². The van der Waals surface area contributed by atoms with Gasteiger partial charge in [-0.2, -0.15) is 4.68 Å². The number of tetrazole rings is 1. The molecule has 1 aliphatic heterocycles. The van der Waals surface area contributed by atoms with Gasteiger partial charge in [0, 0.05) is 6.54 Å². The van der Waals surface area contributed by atoms with E-state index in [1.807, 2.05) is 43.0 Å². The zero-order chi connectivity index (χ0) is 24.4. The monoisotopic (exact) mass is 468 g/mol. The van der Waals surface area contributed by atoms with Gasteiger partial charge in [0.2, 0.25) is 5.91 Å². The topological polar surface area (TPSA) is 75.9 Å². The molecule has 1 amide bonds. The number of anilines is 1. The molecule has 5 rings (SSSR count). The van der Waals surface area contributed by atoms with E-state index in [0.29, 0.717) is 12.5 Å². The first kappa shape index (κ1) is 22.5. The van der Waals surface area contributed by atoms with E-state index in [2.05, 4.69) is 51.2 Å². The molecule has 3 aromatic carbocycles. The second-order valence-electron chi connectivity index (χ2n) is 8.69. The predicted molar refractivity (Wildman–Crippen MR) is 132 cm³/mol. The maximum Gasteiger partial charge on any atom is 0.251 e. The molecule has 7 nitrogen and oxygen atoms in total. The summed E-state index contributed by atoms with van der Waals surface area (Å²) in [5, 5.41) is 15.3. The van der Waals surface area contributed by atoms with Crippen molar-refractivity contribution in [1.82, 2.24) is 25.5 Å². The number of nitrogens with one attached hydrogen (secondary N) is 1.